The molecule has 0 spiro atoms. The number of piperazine rings is 1. The molecule has 10 heteroatoms. The molecular weight excluding hydrogens is 456 g/mol. The van der Waals surface area contributed by atoms with Crippen LogP contribution in [0.5, 0.6) is 0 Å². The molecule has 2 aliphatic heterocycles. The van der Waals surface area contributed by atoms with Crippen molar-refractivity contribution >= 4 is 22.0 Å². The number of hydrogen-bond acceptors (Lipinski definition) is 5. The molecule has 0 unspecified atom stereocenters. The van der Waals surface area contributed by atoms with Crippen LogP contribution in [0.25, 0.3) is 0 Å². The largest absolute Gasteiger partial charge is 0.373 e. The minimum Gasteiger partial charge on any atom is -0.373 e. The highest BCUT2D eigenvalue weighted by atomic mass is 32.2. The molecular formula is C24H38N4O5S. The molecule has 9 nitrogen and oxygen atoms in total. The topological polar surface area (TPSA) is 99.3 Å². The fraction of sp³-hybridized carbons (Fsp3) is 0.667. The molecule has 2 heterocycles. The van der Waals surface area contributed by atoms with Gasteiger partial charge in [-0.2, -0.15) is 17.0 Å². The number of nitrogens with zero attached hydrogens (tertiary/aromatic N) is 3. The molecule has 34 heavy (non-hydrogen) atoms. The molecule has 0 aromatic heterocycles. The third-order valence-corrected chi connectivity index (χ3v) is 8.24. The molecule has 0 radical (unpaired) electrons. The van der Waals surface area contributed by atoms with E-state index in [9.17, 15) is 18.0 Å². The van der Waals surface area contributed by atoms with Gasteiger partial charge in [0.1, 0.15) is 0 Å². The Morgan fingerprint density at radius 3 is 2.06 bits per heavy atom. The van der Waals surface area contributed by atoms with E-state index in [1.54, 1.807) is 17.0 Å². The van der Waals surface area contributed by atoms with Gasteiger partial charge >= 0.3 is 0 Å². The maximum atomic E-state index is 13.0. The summed E-state index contributed by atoms with van der Waals surface area (Å²) >= 11 is 0. The van der Waals surface area contributed by atoms with Gasteiger partial charge in [-0.1, -0.05) is 32.9 Å². The molecule has 1 aromatic rings. The van der Waals surface area contributed by atoms with Crippen LogP contribution in [0.3, 0.4) is 0 Å². The highest BCUT2D eigenvalue weighted by Gasteiger charge is 2.37. The fourth-order valence-corrected chi connectivity index (χ4v) is 6.06. The second-order valence-electron chi connectivity index (χ2n) is 10.2. The van der Waals surface area contributed by atoms with Gasteiger partial charge in [0.25, 0.3) is 16.1 Å². The maximum Gasteiger partial charge on any atom is 0.282 e. The summed E-state index contributed by atoms with van der Waals surface area (Å²) in [5.41, 5.74) is 1.73. The van der Waals surface area contributed by atoms with E-state index in [1.807, 2.05) is 26.0 Å². The van der Waals surface area contributed by atoms with Gasteiger partial charge in [-0.3, -0.25) is 9.59 Å². The Morgan fingerprint density at radius 2 is 1.53 bits per heavy atom. The molecule has 0 aliphatic carbocycles. The van der Waals surface area contributed by atoms with Gasteiger partial charge in [0.2, 0.25) is 5.91 Å². The number of morpholine rings is 1. The smallest absolute Gasteiger partial charge is 0.282 e. The highest BCUT2D eigenvalue weighted by Crippen LogP contribution is 2.22. The molecule has 2 atom stereocenters. The number of carbonyl (C=O) groups is 2. The summed E-state index contributed by atoms with van der Waals surface area (Å²) in [6, 6.07) is 7.50. The van der Waals surface area contributed by atoms with E-state index in [0.717, 1.165) is 5.56 Å². The van der Waals surface area contributed by atoms with E-state index in [4.69, 9.17) is 4.74 Å². The fourth-order valence-electron chi connectivity index (χ4n) is 4.32. The predicted molar refractivity (Wildman–Crippen MR) is 131 cm³/mol. The maximum absolute atomic E-state index is 13.0. The first-order valence-electron chi connectivity index (χ1n) is 11.9. The number of hydrogen-bond donors (Lipinski definition) is 1. The highest BCUT2D eigenvalue weighted by molar-refractivity contribution is 7.86. The first kappa shape index (κ1) is 26.6. The lowest BCUT2D eigenvalue weighted by Crippen LogP contribution is -2.57. The first-order valence-corrected chi connectivity index (χ1v) is 13.3. The van der Waals surface area contributed by atoms with E-state index < -0.39 is 10.2 Å². The number of nitrogens with one attached hydrogen (secondary N) is 1. The van der Waals surface area contributed by atoms with Crippen LogP contribution in [0.15, 0.2) is 24.3 Å². The minimum atomic E-state index is -3.58. The Balaban J connectivity index is 1.43. The molecule has 2 amide bonds. The Morgan fingerprint density at radius 1 is 0.971 bits per heavy atom. The van der Waals surface area contributed by atoms with E-state index in [0.29, 0.717) is 31.7 Å². The quantitative estimate of drug-likeness (QED) is 0.648. The molecule has 1 aromatic carbocycles. The molecule has 2 aliphatic rings. The number of rotatable bonds is 6. The Kier molecular flexibility index (Phi) is 8.38. The summed E-state index contributed by atoms with van der Waals surface area (Å²) in [5, 5.41) is 2.80. The van der Waals surface area contributed by atoms with Gasteiger partial charge in [-0.05, 0) is 37.0 Å². The van der Waals surface area contributed by atoms with Crippen molar-refractivity contribution in [3.8, 4) is 0 Å². The molecule has 2 saturated heterocycles. The van der Waals surface area contributed by atoms with E-state index in [-0.39, 0.29) is 55.5 Å². The summed E-state index contributed by atoms with van der Waals surface area (Å²) in [7, 11) is -3.58. The van der Waals surface area contributed by atoms with Crippen molar-refractivity contribution < 1.29 is 22.7 Å². The zero-order valence-electron chi connectivity index (χ0n) is 20.9. The van der Waals surface area contributed by atoms with Gasteiger partial charge in [0, 0.05) is 57.8 Å². The standard InChI is InChI=1S/C24H38N4O5S/c1-18-16-28(17-19(2)33-18)34(31,32)27-14-12-26(13-15-27)22(29)10-11-25-23(30)20-6-8-21(9-7-20)24(3,4)5/h6-9,18-19H,10-17H2,1-5H3,(H,25,30)/t18-,19+. The van der Waals surface area contributed by atoms with Gasteiger partial charge in [0.15, 0.2) is 0 Å². The summed E-state index contributed by atoms with van der Waals surface area (Å²) in [6.07, 6.45) is -0.113. The van der Waals surface area contributed by atoms with Crippen molar-refractivity contribution in [2.24, 2.45) is 0 Å². The molecule has 3 rings (SSSR count). The van der Waals surface area contributed by atoms with E-state index in [1.165, 1.54) is 8.61 Å². The van der Waals surface area contributed by atoms with E-state index in [2.05, 4.69) is 26.1 Å². The van der Waals surface area contributed by atoms with Crippen LogP contribution in [-0.4, -0.2) is 91.8 Å². The Bertz CT molecular complexity index is 956. The lowest BCUT2D eigenvalue weighted by molar-refractivity contribution is -0.132. The zero-order valence-corrected chi connectivity index (χ0v) is 21.7. The number of carbonyl (C=O) groups excluding carboxylic acids is 2. The monoisotopic (exact) mass is 494 g/mol. The third-order valence-electron chi connectivity index (χ3n) is 6.27. The van der Waals surface area contributed by atoms with Crippen molar-refractivity contribution in [1.29, 1.82) is 0 Å². The van der Waals surface area contributed by atoms with Crippen LogP contribution in [0, 0.1) is 0 Å². The molecule has 190 valence electrons. The van der Waals surface area contributed by atoms with E-state index >= 15 is 0 Å². The normalized spacial score (nSPS) is 23.0. The van der Waals surface area contributed by atoms with Crippen LogP contribution < -0.4 is 5.32 Å². The average Bonchev–Trinajstić information content (AvgIpc) is 2.78. The van der Waals surface area contributed by atoms with Crippen molar-refractivity contribution in [2.75, 3.05) is 45.8 Å². The van der Waals surface area contributed by atoms with Gasteiger partial charge in [-0.25, -0.2) is 0 Å². The summed E-state index contributed by atoms with van der Waals surface area (Å²) in [6.45, 7) is 12.2. The van der Waals surface area contributed by atoms with Crippen molar-refractivity contribution in [1.82, 2.24) is 18.8 Å². The predicted octanol–water partition coefficient (Wildman–Crippen LogP) is 1.60. The van der Waals surface area contributed by atoms with Crippen LogP contribution in [0.4, 0.5) is 0 Å². The summed E-state index contributed by atoms with van der Waals surface area (Å²) in [5.74, 6) is -0.299. The second kappa shape index (κ2) is 10.7. The zero-order chi connectivity index (χ0) is 25.1. The first-order chi connectivity index (χ1) is 15.9. The average molecular weight is 495 g/mol. The van der Waals surface area contributed by atoms with Crippen molar-refractivity contribution in [2.45, 2.75) is 58.7 Å². The van der Waals surface area contributed by atoms with Gasteiger partial charge < -0.3 is 15.0 Å². The van der Waals surface area contributed by atoms with Crippen molar-refractivity contribution in [3.05, 3.63) is 35.4 Å². The lowest BCUT2D eigenvalue weighted by Gasteiger charge is -2.40. The Labute approximate surface area is 203 Å². The lowest BCUT2D eigenvalue weighted by atomic mass is 9.87. The minimum absolute atomic E-state index is 0.0177. The number of amides is 2. The number of benzene rings is 1. The third kappa shape index (κ3) is 6.56. The Hall–Kier alpha value is -2.01. The van der Waals surface area contributed by atoms with Crippen LogP contribution in [-0.2, 0) is 25.2 Å². The summed E-state index contributed by atoms with van der Waals surface area (Å²) < 4.78 is 34.6. The van der Waals surface area contributed by atoms with Crippen LogP contribution in [0.1, 0.15) is 57.0 Å². The van der Waals surface area contributed by atoms with Crippen LogP contribution >= 0.6 is 0 Å². The van der Waals surface area contributed by atoms with Crippen LogP contribution in [0.2, 0.25) is 0 Å². The summed E-state index contributed by atoms with van der Waals surface area (Å²) in [4.78, 5) is 26.7. The van der Waals surface area contributed by atoms with Crippen molar-refractivity contribution in [3.63, 3.8) is 0 Å². The number of ether oxygens (including phenoxy) is 1. The molecule has 0 saturated carbocycles. The van der Waals surface area contributed by atoms with Gasteiger partial charge in [0.05, 0.1) is 12.2 Å². The molecule has 2 fully saturated rings. The van der Waals surface area contributed by atoms with Gasteiger partial charge in [-0.15, -0.1) is 0 Å². The molecule has 0 bridgehead atoms. The second-order valence-corrected chi connectivity index (χ2v) is 12.1. The molecule has 1 N–H and O–H groups in total. The SMILES string of the molecule is C[C@@H]1CN(S(=O)(=O)N2CCN(C(=O)CCNC(=O)c3ccc(C(C)(C)C)cc3)CC2)C[C@H](C)O1.